The van der Waals surface area contributed by atoms with E-state index in [4.69, 9.17) is 5.26 Å². The van der Waals surface area contributed by atoms with E-state index in [1.54, 1.807) is 0 Å². The van der Waals surface area contributed by atoms with Crippen LogP contribution < -0.4 is 5.32 Å². The van der Waals surface area contributed by atoms with Crippen LogP contribution in [0.2, 0.25) is 0 Å². The second-order valence-electron chi connectivity index (χ2n) is 2.94. The van der Waals surface area contributed by atoms with Gasteiger partial charge in [0.15, 0.2) is 0 Å². The van der Waals surface area contributed by atoms with E-state index in [0.29, 0.717) is 11.7 Å². The van der Waals surface area contributed by atoms with E-state index in [2.05, 4.69) is 11.4 Å². The molecule has 0 aromatic carbocycles. The van der Waals surface area contributed by atoms with E-state index >= 15 is 0 Å². The van der Waals surface area contributed by atoms with Crippen molar-refractivity contribution in [3.8, 4) is 6.07 Å². The van der Waals surface area contributed by atoms with E-state index in [1.807, 2.05) is 6.26 Å². The van der Waals surface area contributed by atoms with Crippen molar-refractivity contribution in [3.63, 3.8) is 0 Å². The van der Waals surface area contributed by atoms with E-state index in [-0.39, 0.29) is 11.9 Å². The molecule has 0 aromatic heterocycles. The molecule has 12 heavy (non-hydrogen) atoms. The molecule has 0 aliphatic heterocycles. The quantitative estimate of drug-likeness (QED) is 0.702. The smallest absolute Gasteiger partial charge is 0.231 e. The van der Waals surface area contributed by atoms with Crippen molar-refractivity contribution < 1.29 is 4.79 Å². The van der Waals surface area contributed by atoms with Crippen LogP contribution >= 0.6 is 11.8 Å². The van der Waals surface area contributed by atoms with Gasteiger partial charge in [0, 0.05) is 0 Å². The Morgan fingerprint density at radius 2 is 2.50 bits per heavy atom. The maximum absolute atomic E-state index is 11.1. The summed E-state index contributed by atoms with van der Waals surface area (Å²) in [6.45, 7) is 0. The second kappa shape index (κ2) is 4.36. The van der Waals surface area contributed by atoms with Crippen molar-refractivity contribution in [2.75, 3.05) is 12.0 Å². The first kappa shape index (κ1) is 9.40. The number of hydrogen-bond acceptors (Lipinski definition) is 3. The average Bonchev–Trinajstić information content (AvgIpc) is 2.83. The third kappa shape index (κ3) is 2.74. The molecular weight excluding hydrogens is 172 g/mol. The molecule has 1 aliphatic carbocycles. The third-order valence-corrected chi connectivity index (χ3v) is 2.38. The molecule has 3 nitrogen and oxygen atoms in total. The van der Waals surface area contributed by atoms with E-state index in [1.165, 1.54) is 11.8 Å². The summed E-state index contributed by atoms with van der Waals surface area (Å²) in [5.41, 5.74) is 0. The summed E-state index contributed by atoms with van der Waals surface area (Å²) in [7, 11) is 0. The third-order valence-electron chi connectivity index (χ3n) is 1.82. The van der Waals surface area contributed by atoms with Gasteiger partial charge in [-0.15, -0.1) is 0 Å². The predicted molar refractivity (Wildman–Crippen MR) is 48.6 cm³/mol. The van der Waals surface area contributed by atoms with E-state index in [9.17, 15) is 4.79 Å². The second-order valence-corrected chi connectivity index (χ2v) is 3.81. The fraction of sp³-hybridized carbons (Fsp3) is 0.750. The van der Waals surface area contributed by atoms with Crippen LogP contribution in [0.1, 0.15) is 12.8 Å². The van der Waals surface area contributed by atoms with Gasteiger partial charge in [-0.3, -0.25) is 4.79 Å². The standard InChI is InChI=1S/C8H12N2OS/c1-12-5-8(11)10-7(4-9)6-2-3-6/h6-7H,2-3,5H2,1H3,(H,10,11). The number of nitrogens with zero attached hydrogens (tertiary/aromatic N) is 1. The molecule has 1 atom stereocenters. The van der Waals surface area contributed by atoms with Gasteiger partial charge in [-0.05, 0) is 25.0 Å². The van der Waals surface area contributed by atoms with Crippen molar-refractivity contribution in [1.82, 2.24) is 5.32 Å². The van der Waals surface area contributed by atoms with Crippen molar-refractivity contribution in [3.05, 3.63) is 0 Å². The van der Waals surface area contributed by atoms with Gasteiger partial charge in [0.05, 0.1) is 11.8 Å². The zero-order chi connectivity index (χ0) is 8.97. The Kier molecular flexibility index (Phi) is 3.42. The lowest BCUT2D eigenvalue weighted by atomic mass is 10.2. The van der Waals surface area contributed by atoms with Crippen LogP contribution in [0.4, 0.5) is 0 Å². The van der Waals surface area contributed by atoms with E-state index in [0.717, 1.165) is 12.8 Å². The van der Waals surface area contributed by atoms with Crippen LogP contribution in [0, 0.1) is 17.2 Å². The molecular formula is C8H12N2OS. The Balaban J connectivity index is 2.27. The lowest BCUT2D eigenvalue weighted by molar-refractivity contribution is -0.119. The predicted octanol–water partition coefficient (Wildman–Crippen LogP) is 0.768. The van der Waals surface area contributed by atoms with Gasteiger partial charge in [-0.25, -0.2) is 0 Å². The average molecular weight is 184 g/mol. The molecule has 1 amide bonds. The van der Waals surface area contributed by atoms with Crippen LogP contribution in [0.25, 0.3) is 0 Å². The maximum Gasteiger partial charge on any atom is 0.231 e. The highest BCUT2D eigenvalue weighted by molar-refractivity contribution is 7.99. The normalized spacial score (nSPS) is 18.0. The van der Waals surface area contributed by atoms with Gasteiger partial charge >= 0.3 is 0 Å². The van der Waals surface area contributed by atoms with Crippen LogP contribution in [0.15, 0.2) is 0 Å². The molecule has 0 aromatic rings. The molecule has 0 saturated heterocycles. The molecule has 4 heteroatoms. The molecule has 1 fully saturated rings. The summed E-state index contributed by atoms with van der Waals surface area (Å²) in [4.78, 5) is 11.1. The number of amides is 1. The summed E-state index contributed by atoms with van der Waals surface area (Å²) in [6.07, 6.45) is 4.04. The first-order chi connectivity index (χ1) is 5.77. The van der Waals surface area contributed by atoms with Crippen LogP contribution in [-0.4, -0.2) is 24.0 Å². The molecule has 1 N–H and O–H groups in total. The number of nitriles is 1. The highest BCUT2D eigenvalue weighted by Crippen LogP contribution is 2.32. The molecule has 1 rings (SSSR count). The molecule has 0 bridgehead atoms. The summed E-state index contributed by atoms with van der Waals surface area (Å²) < 4.78 is 0. The Bertz CT molecular complexity index is 208. The highest BCUT2D eigenvalue weighted by Gasteiger charge is 2.31. The number of carbonyl (C=O) groups is 1. The van der Waals surface area contributed by atoms with Crippen molar-refractivity contribution in [2.45, 2.75) is 18.9 Å². The van der Waals surface area contributed by atoms with Gasteiger partial charge < -0.3 is 5.32 Å². The van der Waals surface area contributed by atoms with Crippen LogP contribution in [0.3, 0.4) is 0 Å². The van der Waals surface area contributed by atoms with Crippen LogP contribution in [-0.2, 0) is 4.79 Å². The minimum absolute atomic E-state index is 0.0269. The molecule has 0 spiro atoms. The van der Waals surface area contributed by atoms with Gasteiger partial charge in [0.25, 0.3) is 0 Å². The van der Waals surface area contributed by atoms with Crippen molar-refractivity contribution in [2.24, 2.45) is 5.92 Å². The van der Waals surface area contributed by atoms with Gasteiger partial charge in [0.1, 0.15) is 6.04 Å². The maximum atomic E-state index is 11.1. The van der Waals surface area contributed by atoms with Gasteiger partial charge in [-0.1, -0.05) is 0 Å². The van der Waals surface area contributed by atoms with Gasteiger partial charge in [-0.2, -0.15) is 17.0 Å². The minimum atomic E-state index is -0.246. The number of rotatable bonds is 4. The fourth-order valence-electron chi connectivity index (χ4n) is 1.03. The molecule has 1 aliphatic rings. The van der Waals surface area contributed by atoms with Gasteiger partial charge in [0.2, 0.25) is 5.91 Å². The molecule has 1 unspecified atom stereocenters. The Hall–Kier alpha value is -0.690. The monoisotopic (exact) mass is 184 g/mol. The molecule has 1 saturated carbocycles. The first-order valence-corrected chi connectivity index (χ1v) is 5.35. The number of thioether (sulfide) groups is 1. The van der Waals surface area contributed by atoms with Crippen molar-refractivity contribution in [1.29, 1.82) is 5.26 Å². The Morgan fingerprint density at radius 3 is 2.92 bits per heavy atom. The summed E-state index contributed by atoms with van der Waals surface area (Å²) in [6, 6.07) is 1.87. The molecule has 0 heterocycles. The summed E-state index contributed by atoms with van der Waals surface area (Å²) in [5.74, 6) is 0.840. The molecule has 0 radical (unpaired) electrons. The Labute approximate surface area is 76.5 Å². The zero-order valence-corrected chi connectivity index (χ0v) is 7.86. The minimum Gasteiger partial charge on any atom is -0.339 e. The topological polar surface area (TPSA) is 52.9 Å². The zero-order valence-electron chi connectivity index (χ0n) is 7.04. The first-order valence-electron chi connectivity index (χ1n) is 3.96. The summed E-state index contributed by atoms with van der Waals surface area (Å²) >= 11 is 1.47. The molecule has 66 valence electrons. The van der Waals surface area contributed by atoms with Crippen molar-refractivity contribution >= 4 is 17.7 Å². The SMILES string of the molecule is CSCC(=O)NC(C#N)C1CC1. The van der Waals surface area contributed by atoms with Crippen LogP contribution in [0.5, 0.6) is 0 Å². The highest BCUT2D eigenvalue weighted by atomic mass is 32.2. The number of nitrogens with one attached hydrogen (secondary N) is 1. The lowest BCUT2D eigenvalue weighted by Gasteiger charge is -2.08. The number of carbonyl (C=O) groups excluding carboxylic acids is 1. The largest absolute Gasteiger partial charge is 0.339 e. The summed E-state index contributed by atoms with van der Waals surface area (Å²) in [5, 5.41) is 11.4. The number of hydrogen-bond donors (Lipinski definition) is 1. The Morgan fingerprint density at radius 1 is 1.83 bits per heavy atom. The fourth-order valence-corrected chi connectivity index (χ4v) is 1.38. The lowest BCUT2D eigenvalue weighted by Crippen LogP contribution is -2.36. The van der Waals surface area contributed by atoms with E-state index < -0.39 is 0 Å².